The van der Waals surface area contributed by atoms with E-state index in [1.165, 1.54) is 0 Å². The van der Waals surface area contributed by atoms with Gasteiger partial charge in [0.15, 0.2) is 0 Å². The van der Waals surface area contributed by atoms with Crippen LogP contribution in [0, 0.1) is 11.3 Å². The van der Waals surface area contributed by atoms with Gasteiger partial charge in [-0.3, -0.25) is 0 Å². The molecule has 0 N–H and O–H groups in total. The summed E-state index contributed by atoms with van der Waals surface area (Å²) >= 11 is 0. The maximum absolute atomic E-state index is 9.12. The third kappa shape index (κ3) is 1.24. The Bertz CT molecular complexity index is 377. The molecular weight excluding hydrogens is 176 g/mol. The van der Waals surface area contributed by atoms with Crippen molar-refractivity contribution in [3.63, 3.8) is 0 Å². The fourth-order valence-electron chi connectivity index (χ4n) is 1.75. The lowest BCUT2D eigenvalue weighted by atomic mass is 9.67. The maximum atomic E-state index is 9.12. The molecule has 72 valence electrons. The summed E-state index contributed by atoms with van der Waals surface area (Å²) in [5.74, 6) is 0.587. The molecule has 1 aliphatic carbocycles. The second-order valence-corrected chi connectivity index (χ2v) is 3.61. The minimum Gasteiger partial charge on any atom is -0.481 e. The van der Waals surface area contributed by atoms with Crippen molar-refractivity contribution in [2.24, 2.45) is 0 Å². The molecule has 0 radical (unpaired) electrons. The minimum absolute atomic E-state index is 0.339. The number of hydrogen-bond donors (Lipinski definition) is 0. The lowest BCUT2D eigenvalue weighted by Gasteiger charge is -2.34. The van der Waals surface area contributed by atoms with Crippen LogP contribution >= 0.6 is 0 Å². The summed E-state index contributed by atoms with van der Waals surface area (Å²) in [7, 11) is 1.59. The number of pyridine rings is 1. The number of nitrogens with zero attached hydrogens (tertiary/aromatic N) is 2. The van der Waals surface area contributed by atoms with Gasteiger partial charge in [0.05, 0.1) is 24.3 Å². The Kier molecular flexibility index (Phi) is 2.12. The summed E-state index contributed by atoms with van der Waals surface area (Å²) < 4.78 is 5.04. The van der Waals surface area contributed by atoms with Crippen molar-refractivity contribution in [3.05, 3.63) is 23.9 Å². The normalized spacial score (nSPS) is 18.0. The molecule has 1 fully saturated rings. The van der Waals surface area contributed by atoms with Gasteiger partial charge in [0.2, 0.25) is 5.88 Å². The summed E-state index contributed by atoms with van der Waals surface area (Å²) in [6.45, 7) is 0. The van der Waals surface area contributed by atoms with Crippen LogP contribution in [0.1, 0.15) is 25.0 Å². The molecule has 0 spiro atoms. The van der Waals surface area contributed by atoms with Crippen molar-refractivity contribution >= 4 is 0 Å². The molecule has 0 atom stereocenters. The highest BCUT2D eigenvalue weighted by atomic mass is 16.5. The van der Waals surface area contributed by atoms with E-state index in [1.807, 2.05) is 12.1 Å². The van der Waals surface area contributed by atoms with E-state index in [2.05, 4.69) is 11.1 Å². The molecule has 1 aliphatic rings. The van der Waals surface area contributed by atoms with Gasteiger partial charge >= 0.3 is 0 Å². The lowest BCUT2D eigenvalue weighted by molar-refractivity contribution is 0.310. The van der Waals surface area contributed by atoms with E-state index in [9.17, 15) is 0 Å². The number of aromatic nitrogens is 1. The highest BCUT2D eigenvalue weighted by Crippen LogP contribution is 2.42. The van der Waals surface area contributed by atoms with E-state index < -0.39 is 0 Å². The molecular formula is C11H12N2O. The first-order valence-corrected chi connectivity index (χ1v) is 4.73. The van der Waals surface area contributed by atoms with Crippen LogP contribution in [0.3, 0.4) is 0 Å². The summed E-state index contributed by atoms with van der Waals surface area (Å²) in [5.41, 5.74) is 0.514. The number of rotatable bonds is 2. The third-order valence-electron chi connectivity index (χ3n) is 2.84. The van der Waals surface area contributed by atoms with Crippen LogP contribution in [0.4, 0.5) is 0 Å². The van der Waals surface area contributed by atoms with Crippen molar-refractivity contribution in [3.8, 4) is 11.9 Å². The van der Waals surface area contributed by atoms with Gasteiger partial charge in [0.25, 0.3) is 0 Å². The van der Waals surface area contributed by atoms with E-state index in [1.54, 1.807) is 13.2 Å². The Morgan fingerprint density at radius 1 is 1.50 bits per heavy atom. The van der Waals surface area contributed by atoms with E-state index >= 15 is 0 Å². The molecule has 3 nitrogen and oxygen atoms in total. The Balaban J connectivity index is 2.36. The first-order valence-electron chi connectivity index (χ1n) is 4.73. The van der Waals surface area contributed by atoms with Crippen LogP contribution in [-0.2, 0) is 5.41 Å². The van der Waals surface area contributed by atoms with Gasteiger partial charge < -0.3 is 4.74 Å². The molecule has 0 bridgehead atoms. The Hall–Kier alpha value is -1.56. The third-order valence-corrected chi connectivity index (χ3v) is 2.84. The molecule has 1 heterocycles. The summed E-state index contributed by atoms with van der Waals surface area (Å²) in [5, 5.41) is 9.12. The Labute approximate surface area is 83.3 Å². The molecule has 0 amide bonds. The number of hydrogen-bond acceptors (Lipinski definition) is 3. The second kappa shape index (κ2) is 3.30. The van der Waals surface area contributed by atoms with Crippen LogP contribution < -0.4 is 4.74 Å². The Morgan fingerprint density at radius 2 is 2.29 bits per heavy atom. The topological polar surface area (TPSA) is 45.9 Å². The zero-order chi connectivity index (χ0) is 10.0. The molecule has 14 heavy (non-hydrogen) atoms. The van der Waals surface area contributed by atoms with Crippen molar-refractivity contribution in [2.75, 3.05) is 7.11 Å². The van der Waals surface area contributed by atoms with E-state index in [0.717, 1.165) is 25.0 Å². The van der Waals surface area contributed by atoms with Crippen LogP contribution in [-0.4, -0.2) is 12.1 Å². The summed E-state index contributed by atoms with van der Waals surface area (Å²) in [6.07, 6.45) is 2.96. The molecule has 0 saturated heterocycles. The van der Waals surface area contributed by atoms with Gasteiger partial charge in [-0.05, 0) is 25.3 Å². The predicted octanol–water partition coefficient (Wildman–Crippen LogP) is 2.04. The van der Waals surface area contributed by atoms with Crippen LogP contribution in [0.15, 0.2) is 18.2 Å². The maximum Gasteiger partial charge on any atom is 0.213 e. The van der Waals surface area contributed by atoms with Crippen molar-refractivity contribution in [1.29, 1.82) is 5.26 Å². The van der Waals surface area contributed by atoms with Gasteiger partial charge in [0, 0.05) is 6.07 Å². The van der Waals surface area contributed by atoms with Gasteiger partial charge in [-0.1, -0.05) is 6.07 Å². The predicted molar refractivity (Wildman–Crippen MR) is 51.9 cm³/mol. The molecule has 1 aromatic rings. The minimum atomic E-state index is -0.339. The Morgan fingerprint density at radius 3 is 2.79 bits per heavy atom. The molecule has 0 unspecified atom stereocenters. The summed E-state index contributed by atoms with van der Waals surface area (Å²) in [6, 6.07) is 7.96. The number of ether oxygens (including phenoxy) is 1. The molecule has 0 aromatic carbocycles. The average molecular weight is 188 g/mol. The standard InChI is InChI=1S/C11H12N2O/c1-14-10-5-2-4-9(13-10)11(8-12)6-3-7-11/h2,4-5H,3,6-7H2,1H3. The van der Waals surface area contributed by atoms with Gasteiger partial charge in [-0.2, -0.15) is 5.26 Å². The molecule has 0 aliphatic heterocycles. The highest BCUT2D eigenvalue weighted by molar-refractivity contribution is 5.31. The zero-order valence-electron chi connectivity index (χ0n) is 8.16. The van der Waals surface area contributed by atoms with Gasteiger partial charge in [0.1, 0.15) is 0 Å². The first kappa shape index (κ1) is 9.01. The zero-order valence-corrected chi connectivity index (χ0v) is 8.16. The fraction of sp³-hybridized carbons (Fsp3) is 0.455. The van der Waals surface area contributed by atoms with E-state index in [0.29, 0.717) is 5.88 Å². The van der Waals surface area contributed by atoms with Gasteiger partial charge in [-0.25, -0.2) is 4.98 Å². The molecule has 3 heteroatoms. The van der Waals surface area contributed by atoms with Crippen LogP contribution in [0.25, 0.3) is 0 Å². The smallest absolute Gasteiger partial charge is 0.213 e. The van der Waals surface area contributed by atoms with Crippen molar-refractivity contribution < 1.29 is 4.74 Å². The average Bonchev–Trinajstić information content (AvgIpc) is 2.18. The number of methoxy groups -OCH3 is 1. The quantitative estimate of drug-likeness (QED) is 0.713. The molecule has 1 aromatic heterocycles. The largest absolute Gasteiger partial charge is 0.481 e. The molecule has 2 rings (SSSR count). The lowest BCUT2D eigenvalue weighted by Crippen LogP contribution is -2.33. The van der Waals surface area contributed by atoms with E-state index in [4.69, 9.17) is 10.00 Å². The fourth-order valence-corrected chi connectivity index (χ4v) is 1.75. The summed E-state index contributed by atoms with van der Waals surface area (Å²) in [4.78, 5) is 4.31. The van der Waals surface area contributed by atoms with Crippen molar-refractivity contribution in [2.45, 2.75) is 24.7 Å². The molecule has 1 saturated carbocycles. The van der Waals surface area contributed by atoms with Crippen LogP contribution in [0.5, 0.6) is 5.88 Å². The highest BCUT2D eigenvalue weighted by Gasteiger charge is 2.40. The monoisotopic (exact) mass is 188 g/mol. The first-order chi connectivity index (χ1) is 6.80. The SMILES string of the molecule is COc1cccc(C2(C#N)CCC2)n1. The van der Waals surface area contributed by atoms with Crippen molar-refractivity contribution in [1.82, 2.24) is 4.98 Å². The van der Waals surface area contributed by atoms with E-state index in [-0.39, 0.29) is 5.41 Å². The number of nitriles is 1. The van der Waals surface area contributed by atoms with Crippen LogP contribution in [0.2, 0.25) is 0 Å². The van der Waals surface area contributed by atoms with Gasteiger partial charge in [-0.15, -0.1) is 0 Å². The second-order valence-electron chi connectivity index (χ2n) is 3.61.